The van der Waals surface area contributed by atoms with Crippen LogP contribution < -0.4 is 10.2 Å². The molecule has 1 aromatic carbocycles. The van der Waals surface area contributed by atoms with Crippen molar-refractivity contribution in [1.82, 2.24) is 14.5 Å². The summed E-state index contributed by atoms with van der Waals surface area (Å²) in [6.07, 6.45) is 3.38. The number of nitrogens with zero attached hydrogens (tertiary/aromatic N) is 2. The molecule has 0 bridgehead atoms. The van der Waals surface area contributed by atoms with E-state index in [2.05, 4.69) is 9.97 Å². The predicted molar refractivity (Wildman–Crippen MR) is 96.5 cm³/mol. The Morgan fingerprint density at radius 1 is 1.16 bits per heavy atom. The van der Waals surface area contributed by atoms with E-state index in [1.807, 2.05) is 48.9 Å². The molecule has 0 aliphatic rings. The lowest BCUT2D eigenvalue weighted by Gasteiger charge is -2.15. The molecule has 6 heteroatoms. The molecule has 0 fully saturated rings. The Kier molecular flexibility index (Phi) is 3.28. The summed E-state index contributed by atoms with van der Waals surface area (Å²) in [6.45, 7) is 3.96. The fraction of sp³-hybridized carbons (Fsp3) is 0.158. The molecule has 0 aliphatic heterocycles. The number of rotatable bonds is 2. The smallest absolute Gasteiger partial charge is 0.222 e. The summed E-state index contributed by atoms with van der Waals surface area (Å²) in [5.41, 5.74) is 3.74. The SMILES string of the molecule is COc1ccc(C)c(-n2c(=N)c3c(O)nccc4cc[nH]c2c43)c1C. The van der Waals surface area contributed by atoms with Gasteiger partial charge in [-0.15, -0.1) is 0 Å². The van der Waals surface area contributed by atoms with E-state index in [-0.39, 0.29) is 11.4 Å². The largest absolute Gasteiger partial charge is 0.496 e. The minimum Gasteiger partial charge on any atom is -0.496 e. The average molecular weight is 334 g/mol. The van der Waals surface area contributed by atoms with Crippen LogP contribution in [0.25, 0.3) is 27.5 Å². The Morgan fingerprint density at radius 2 is 1.96 bits per heavy atom. The highest BCUT2D eigenvalue weighted by Crippen LogP contribution is 2.33. The minimum absolute atomic E-state index is 0.151. The molecule has 0 atom stereocenters. The Balaban J connectivity index is 2.28. The molecule has 3 aromatic heterocycles. The van der Waals surface area contributed by atoms with Crippen molar-refractivity contribution in [2.45, 2.75) is 13.8 Å². The summed E-state index contributed by atoms with van der Waals surface area (Å²) < 4.78 is 7.27. The van der Waals surface area contributed by atoms with Crippen molar-refractivity contribution in [3.8, 4) is 17.3 Å². The van der Waals surface area contributed by atoms with E-state index in [1.165, 1.54) is 0 Å². The van der Waals surface area contributed by atoms with E-state index < -0.39 is 0 Å². The van der Waals surface area contributed by atoms with E-state index in [9.17, 15) is 5.11 Å². The van der Waals surface area contributed by atoms with Gasteiger partial charge in [0.15, 0.2) is 0 Å². The first-order chi connectivity index (χ1) is 12.0. The van der Waals surface area contributed by atoms with E-state index in [0.717, 1.165) is 39.0 Å². The first kappa shape index (κ1) is 15.3. The first-order valence-corrected chi connectivity index (χ1v) is 7.93. The summed E-state index contributed by atoms with van der Waals surface area (Å²) in [7, 11) is 1.63. The van der Waals surface area contributed by atoms with Crippen LogP contribution in [0.1, 0.15) is 11.1 Å². The standard InChI is InChI=1S/C19H18N4O2/c1-10-4-5-13(25-3)11(2)16(10)23-17(20)15-14-12(6-8-21-18(14)23)7-9-22-19(15)24/h4-9,20-21,24H,1-3H3. The van der Waals surface area contributed by atoms with E-state index in [4.69, 9.17) is 10.1 Å². The van der Waals surface area contributed by atoms with Crippen LogP contribution >= 0.6 is 0 Å². The van der Waals surface area contributed by atoms with Crippen molar-refractivity contribution < 1.29 is 9.84 Å². The molecule has 0 saturated carbocycles. The fourth-order valence-corrected chi connectivity index (χ4v) is 3.50. The number of nitrogens with one attached hydrogen (secondary N) is 2. The van der Waals surface area contributed by atoms with Gasteiger partial charge in [0, 0.05) is 23.3 Å². The maximum atomic E-state index is 10.4. The number of benzene rings is 1. The molecular formula is C19H18N4O2. The highest BCUT2D eigenvalue weighted by atomic mass is 16.5. The van der Waals surface area contributed by atoms with Crippen molar-refractivity contribution in [3.05, 3.63) is 53.3 Å². The summed E-state index contributed by atoms with van der Waals surface area (Å²) in [4.78, 5) is 7.26. The van der Waals surface area contributed by atoms with Gasteiger partial charge >= 0.3 is 0 Å². The van der Waals surface area contributed by atoms with Crippen LogP contribution in [0.4, 0.5) is 0 Å². The van der Waals surface area contributed by atoms with Crippen molar-refractivity contribution in [2.75, 3.05) is 7.11 Å². The minimum atomic E-state index is -0.151. The van der Waals surface area contributed by atoms with E-state index >= 15 is 0 Å². The van der Waals surface area contributed by atoms with Crippen molar-refractivity contribution in [2.24, 2.45) is 0 Å². The number of pyridine rings is 1. The van der Waals surface area contributed by atoms with Crippen LogP contribution in [-0.4, -0.2) is 26.8 Å². The molecule has 0 saturated heterocycles. The molecule has 0 unspecified atom stereocenters. The van der Waals surface area contributed by atoms with Gasteiger partial charge in [0.05, 0.1) is 18.2 Å². The molecule has 4 rings (SSSR count). The van der Waals surface area contributed by atoms with Crippen LogP contribution in [-0.2, 0) is 0 Å². The molecule has 3 heterocycles. The molecule has 0 spiro atoms. The monoisotopic (exact) mass is 334 g/mol. The normalized spacial score (nSPS) is 11.3. The van der Waals surface area contributed by atoms with Crippen LogP contribution in [0, 0.1) is 19.3 Å². The molecule has 25 heavy (non-hydrogen) atoms. The first-order valence-electron chi connectivity index (χ1n) is 7.93. The molecule has 0 amide bonds. The number of H-pyrrole nitrogens is 1. The van der Waals surface area contributed by atoms with Gasteiger partial charge in [0.2, 0.25) is 5.88 Å². The Bertz CT molecular complexity index is 1190. The number of aromatic amines is 1. The second-order valence-corrected chi connectivity index (χ2v) is 6.04. The quantitative estimate of drug-likeness (QED) is 0.525. The highest BCUT2D eigenvalue weighted by Gasteiger charge is 2.20. The van der Waals surface area contributed by atoms with Gasteiger partial charge in [0.25, 0.3) is 0 Å². The van der Waals surface area contributed by atoms with Crippen molar-refractivity contribution in [1.29, 1.82) is 5.41 Å². The third kappa shape index (κ3) is 2.04. The fourth-order valence-electron chi connectivity index (χ4n) is 3.50. The van der Waals surface area contributed by atoms with Gasteiger partial charge in [-0.3, -0.25) is 9.98 Å². The number of hydrogen-bond donors (Lipinski definition) is 3. The number of methoxy groups -OCH3 is 1. The lowest BCUT2D eigenvalue weighted by atomic mass is 10.1. The number of ether oxygens (including phenoxy) is 1. The van der Waals surface area contributed by atoms with Crippen molar-refractivity contribution in [3.63, 3.8) is 0 Å². The lowest BCUT2D eigenvalue weighted by molar-refractivity contribution is 0.411. The molecular weight excluding hydrogens is 316 g/mol. The summed E-state index contributed by atoms with van der Waals surface area (Å²) in [5.74, 6) is 0.603. The molecule has 0 aliphatic carbocycles. The summed E-state index contributed by atoms with van der Waals surface area (Å²) in [6, 6.07) is 7.63. The van der Waals surface area contributed by atoms with Crippen LogP contribution in [0.15, 0.2) is 36.7 Å². The Labute approximate surface area is 143 Å². The topological polar surface area (TPSA) is 86.9 Å². The molecule has 4 aromatic rings. The van der Waals surface area contributed by atoms with Crippen LogP contribution in [0.2, 0.25) is 0 Å². The Morgan fingerprint density at radius 3 is 2.72 bits per heavy atom. The third-order valence-electron chi connectivity index (χ3n) is 4.64. The number of hydrogen-bond acceptors (Lipinski definition) is 4. The zero-order valence-corrected chi connectivity index (χ0v) is 14.2. The maximum absolute atomic E-state index is 10.4. The third-order valence-corrected chi connectivity index (χ3v) is 4.64. The number of aromatic hydroxyl groups is 1. The van der Waals surface area contributed by atoms with E-state index in [0.29, 0.717) is 5.39 Å². The van der Waals surface area contributed by atoms with Gasteiger partial charge in [-0.1, -0.05) is 6.07 Å². The molecule has 0 radical (unpaired) electrons. The average Bonchev–Trinajstić information content (AvgIpc) is 2.77. The number of aromatic nitrogens is 3. The molecule has 126 valence electrons. The van der Waals surface area contributed by atoms with Gasteiger partial charge in [-0.2, -0.15) is 0 Å². The highest BCUT2D eigenvalue weighted by molar-refractivity contribution is 6.09. The summed E-state index contributed by atoms with van der Waals surface area (Å²) in [5, 5.41) is 21.2. The second-order valence-electron chi connectivity index (χ2n) is 6.04. The summed E-state index contributed by atoms with van der Waals surface area (Å²) >= 11 is 0. The van der Waals surface area contributed by atoms with Crippen LogP contribution in [0.5, 0.6) is 11.6 Å². The zero-order chi connectivity index (χ0) is 17.7. The van der Waals surface area contributed by atoms with Gasteiger partial charge in [0.1, 0.15) is 16.9 Å². The second kappa shape index (κ2) is 5.37. The Hall–Kier alpha value is -3.28. The van der Waals surface area contributed by atoms with Crippen molar-refractivity contribution >= 4 is 21.8 Å². The molecule has 3 N–H and O–H groups in total. The maximum Gasteiger partial charge on any atom is 0.222 e. The van der Waals surface area contributed by atoms with E-state index in [1.54, 1.807) is 13.3 Å². The molecule has 6 nitrogen and oxygen atoms in total. The van der Waals surface area contributed by atoms with Gasteiger partial charge in [-0.25, -0.2) is 4.98 Å². The van der Waals surface area contributed by atoms with Gasteiger partial charge < -0.3 is 14.8 Å². The lowest BCUT2D eigenvalue weighted by Crippen LogP contribution is -2.16. The zero-order valence-electron chi connectivity index (χ0n) is 14.2. The van der Waals surface area contributed by atoms with Gasteiger partial charge in [-0.05, 0) is 43.0 Å². The van der Waals surface area contributed by atoms with Crippen LogP contribution in [0.3, 0.4) is 0 Å². The predicted octanol–water partition coefficient (Wildman–Crippen LogP) is 3.32. The number of aryl methyl sites for hydroxylation is 1.